The smallest absolute Gasteiger partial charge is 0.0440 e. The highest BCUT2D eigenvalue weighted by Gasteiger charge is 2.08. The average molecular weight is 255 g/mol. The van der Waals surface area contributed by atoms with Crippen LogP contribution in [0.4, 0.5) is 0 Å². The molecule has 0 spiro atoms. The normalized spacial score (nSPS) is 16.5. The summed E-state index contributed by atoms with van der Waals surface area (Å²) < 4.78 is 0. The zero-order valence-corrected chi connectivity index (χ0v) is 13.8. The van der Waals surface area contributed by atoms with Crippen LogP contribution >= 0.6 is 0 Å². The predicted octanol–water partition coefficient (Wildman–Crippen LogP) is 6.84. The molecule has 0 heterocycles. The maximum absolute atomic E-state index is 2.45. The minimum atomic E-state index is 0.923. The third-order valence-electron chi connectivity index (χ3n) is 4.45. The van der Waals surface area contributed by atoms with E-state index in [0.29, 0.717) is 0 Å². The van der Waals surface area contributed by atoms with Gasteiger partial charge in [0.05, 0.1) is 0 Å². The first-order valence-corrected chi connectivity index (χ1v) is 8.60. The minimum absolute atomic E-state index is 0.923. The molecule has 0 fully saturated rings. The molecule has 0 rings (SSSR count). The van der Waals surface area contributed by atoms with Crippen molar-refractivity contribution in [2.45, 2.75) is 98.8 Å². The van der Waals surface area contributed by atoms with E-state index in [1.54, 1.807) is 0 Å². The van der Waals surface area contributed by atoms with Crippen molar-refractivity contribution in [3.63, 3.8) is 0 Å². The van der Waals surface area contributed by atoms with Crippen LogP contribution in [0.5, 0.6) is 0 Å². The van der Waals surface area contributed by atoms with Crippen LogP contribution in [0.25, 0.3) is 0 Å². The van der Waals surface area contributed by atoms with Gasteiger partial charge in [-0.05, 0) is 24.2 Å². The third-order valence-corrected chi connectivity index (χ3v) is 4.45. The van der Waals surface area contributed by atoms with Gasteiger partial charge in [0, 0.05) is 0 Å². The summed E-state index contributed by atoms with van der Waals surface area (Å²) in [4.78, 5) is 0. The molecule has 0 aromatic rings. The van der Waals surface area contributed by atoms with Gasteiger partial charge in [-0.15, -0.1) is 0 Å². The molecule has 0 aliphatic heterocycles. The molecule has 0 saturated carbocycles. The molecular weight excluding hydrogens is 216 g/mol. The minimum Gasteiger partial charge on any atom is -0.0654 e. The second kappa shape index (κ2) is 12.1. The Morgan fingerprint density at radius 2 is 1.22 bits per heavy atom. The monoisotopic (exact) mass is 254 g/mol. The first-order valence-electron chi connectivity index (χ1n) is 8.60. The van der Waals surface area contributed by atoms with Crippen LogP contribution in [0, 0.1) is 17.8 Å². The van der Waals surface area contributed by atoms with E-state index in [-0.39, 0.29) is 0 Å². The molecule has 0 aliphatic carbocycles. The van der Waals surface area contributed by atoms with Crippen molar-refractivity contribution in [2.75, 3.05) is 0 Å². The fourth-order valence-electron chi connectivity index (χ4n) is 2.85. The lowest BCUT2D eigenvalue weighted by molar-refractivity contribution is 0.357. The zero-order chi connectivity index (χ0) is 13.8. The molecule has 0 aromatic heterocycles. The maximum atomic E-state index is 2.45. The molecule has 0 aliphatic rings. The number of rotatable bonds is 12. The summed E-state index contributed by atoms with van der Waals surface area (Å²) in [5, 5.41) is 0. The number of hydrogen-bond acceptors (Lipinski definition) is 0. The standard InChI is InChI=1S/C18H38/c1-6-8-9-10-12-17(4)13-11-14-18(5)15-16(3)7-2/h16-18H,6-15H2,1-5H3. The zero-order valence-electron chi connectivity index (χ0n) is 13.8. The van der Waals surface area contributed by atoms with Gasteiger partial charge in [-0.25, -0.2) is 0 Å². The summed E-state index contributed by atoms with van der Waals surface area (Å²) in [6.45, 7) is 11.9. The Morgan fingerprint density at radius 1 is 0.611 bits per heavy atom. The second-order valence-electron chi connectivity index (χ2n) is 6.74. The molecule has 0 nitrogen and oxygen atoms in total. The first-order chi connectivity index (χ1) is 8.60. The Morgan fingerprint density at radius 3 is 1.83 bits per heavy atom. The Kier molecular flexibility index (Phi) is 12.1. The fraction of sp³-hybridized carbons (Fsp3) is 1.00. The van der Waals surface area contributed by atoms with Gasteiger partial charge >= 0.3 is 0 Å². The van der Waals surface area contributed by atoms with Crippen LogP contribution in [0.2, 0.25) is 0 Å². The third kappa shape index (κ3) is 11.1. The van der Waals surface area contributed by atoms with Crippen molar-refractivity contribution in [3.8, 4) is 0 Å². The summed E-state index contributed by atoms with van der Waals surface area (Å²) in [5.74, 6) is 2.82. The SMILES string of the molecule is CCCCCCC(C)CCCC(C)CC(C)CC. The van der Waals surface area contributed by atoms with Gasteiger partial charge < -0.3 is 0 Å². The van der Waals surface area contributed by atoms with Crippen molar-refractivity contribution in [2.24, 2.45) is 17.8 Å². The van der Waals surface area contributed by atoms with E-state index in [9.17, 15) is 0 Å². The maximum Gasteiger partial charge on any atom is -0.0440 e. The quantitative estimate of drug-likeness (QED) is 0.335. The lowest BCUT2D eigenvalue weighted by Gasteiger charge is -2.17. The Balaban J connectivity index is 3.40. The van der Waals surface area contributed by atoms with E-state index in [2.05, 4.69) is 34.6 Å². The van der Waals surface area contributed by atoms with E-state index in [1.165, 1.54) is 64.2 Å². The predicted molar refractivity (Wildman–Crippen MR) is 85.0 cm³/mol. The molecule has 0 N–H and O–H groups in total. The number of hydrogen-bond donors (Lipinski definition) is 0. The van der Waals surface area contributed by atoms with E-state index in [4.69, 9.17) is 0 Å². The molecule has 3 atom stereocenters. The van der Waals surface area contributed by atoms with Crippen LogP contribution < -0.4 is 0 Å². The molecule has 0 radical (unpaired) electrons. The Labute approximate surface area is 117 Å². The second-order valence-corrected chi connectivity index (χ2v) is 6.74. The Bertz CT molecular complexity index is 161. The summed E-state index contributed by atoms with van der Waals surface area (Å²) in [7, 11) is 0. The highest BCUT2D eigenvalue weighted by molar-refractivity contribution is 4.61. The largest absolute Gasteiger partial charge is 0.0654 e. The summed E-state index contributed by atoms with van der Waals surface area (Å²) in [6, 6.07) is 0. The van der Waals surface area contributed by atoms with E-state index >= 15 is 0 Å². The van der Waals surface area contributed by atoms with Gasteiger partial charge in [0.1, 0.15) is 0 Å². The lowest BCUT2D eigenvalue weighted by atomic mass is 9.89. The highest BCUT2D eigenvalue weighted by Crippen LogP contribution is 2.22. The summed E-state index contributed by atoms with van der Waals surface area (Å²) in [6.07, 6.45) is 14.3. The molecule has 3 unspecified atom stereocenters. The van der Waals surface area contributed by atoms with Gasteiger partial charge in [0.2, 0.25) is 0 Å². The molecular formula is C18H38. The molecule has 0 aromatic carbocycles. The lowest BCUT2D eigenvalue weighted by Crippen LogP contribution is -2.03. The van der Waals surface area contributed by atoms with Crippen LogP contribution in [0.15, 0.2) is 0 Å². The van der Waals surface area contributed by atoms with Gasteiger partial charge in [-0.3, -0.25) is 0 Å². The molecule has 18 heavy (non-hydrogen) atoms. The number of unbranched alkanes of at least 4 members (excludes halogenated alkanes) is 3. The first kappa shape index (κ1) is 18.0. The molecule has 0 heteroatoms. The van der Waals surface area contributed by atoms with Crippen LogP contribution in [0.3, 0.4) is 0 Å². The van der Waals surface area contributed by atoms with E-state index < -0.39 is 0 Å². The van der Waals surface area contributed by atoms with Crippen molar-refractivity contribution in [1.29, 1.82) is 0 Å². The van der Waals surface area contributed by atoms with Crippen LogP contribution in [0.1, 0.15) is 98.8 Å². The van der Waals surface area contributed by atoms with E-state index in [1.807, 2.05) is 0 Å². The van der Waals surface area contributed by atoms with Gasteiger partial charge in [0.25, 0.3) is 0 Å². The van der Waals surface area contributed by atoms with Gasteiger partial charge in [-0.1, -0.05) is 92.4 Å². The van der Waals surface area contributed by atoms with Crippen molar-refractivity contribution in [1.82, 2.24) is 0 Å². The van der Waals surface area contributed by atoms with Crippen LogP contribution in [-0.4, -0.2) is 0 Å². The van der Waals surface area contributed by atoms with Crippen molar-refractivity contribution >= 4 is 0 Å². The molecule has 0 amide bonds. The highest BCUT2D eigenvalue weighted by atomic mass is 14.1. The Hall–Kier alpha value is 0. The molecule has 0 saturated heterocycles. The average Bonchev–Trinajstić information content (AvgIpc) is 2.34. The van der Waals surface area contributed by atoms with Gasteiger partial charge in [-0.2, -0.15) is 0 Å². The topological polar surface area (TPSA) is 0 Å². The van der Waals surface area contributed by atoms with Crippen molar-refractivity contribution < 1.29 is 0 Å². The fourth-order valence-corrected chi connectivity index (χ4v) is 2.85. The summed E-state index contributed by atoms with van der Waals surface area (Å²) in [5.41, 5.74) is 0. The van der Waals surface area contributed by atoms with Gasteiger partial charge in [0.15, 0.2) is 0 Å². The molecule has 0 bridgehead atoms. The van der Waals surface area contributed by atoms with Crippen LogP contribution in [-0.2, 0) is 0 Å². The summed E-state index contributed by atoms with van der Waals surface area (Å²) >= 11 is 0. The van der Waals surface area contributed by atoms with E-state index in [0.717, 1.165) is 17.8 Å². The van der Waals surface area contributed by atoms with Crippen molar-refractivity contribution in [3.05, 3.63) is 0 Å². The molecule has 110 valence electrons.